The van der Waals surface area contributed by atoms with Gasteiger partial charge in [-0.1, -0.05) is 36.4 Å². The highest BCUT2D eigenvalue weighted by molar-refractivity contribution is 5.81. The maximum Gasteiger partial charge on any atom is 0.417 e. The van der Waals surface area contributed by atoms with Crippen LogP contribution < -0.4 is 5.76 Å². The van der Waals surface area contributed by atoms with E-state index in [1.807, 2.05) is 30.3 Å². The Kier molecular flexibility index (Phi) is 5.15. The van der Waals surface area contributed by atoms with E-state index in [4.69, 9.17) is 4.42 Å². The number of aromatic nitrogens is 2. The lowest BCUT2D eigenvalue weighted by molar-refractivity contribution is -0.118. The first-order valence-corrected chi connectivity index (χ1v) is 9.30. The predicted octanol–water partition coefficient (Wildman–Crippen LogP) is 4.32. The Hall–Kier alpha value is -3.47. The lowest BCUT2D eigenvalue weighted by atomic mass is 10.00. The Bertz CT molecular complexity index is 1140. The van der Waals surface area contributed by atoms with Crippen LogP contribution >= 0.6 is 0 Å². The molecular weight excluding hydrogens is 352 g/mol. The van der Waals surface area contributed by atoms with Gasteiger partial charge in [-0.05, 0) is 53.3 Å². The number of nitrogens with zero attached hydrogens (tertiary/aromatic N) is 1. The number of pyridine rings is 1. The van der Waals surface area contributed by atoms with E-state index < -0.39 is 5.76 Å². The molecule has 0 aliphatic rings. The maximum atomic E-state index is 12.1. The SMILES string of the molecule is O=C(CCCc1ccc(-c2ccc3[nH]c(=O)oc3c2)cc1)Cc1cccnc1. The van der Waals surface area contributed by atoms with Crippen molar-refractivity contribution in [1.82, 2.24) is 9.97 Å². The average Bonchev–Trinajstić information content (AvgIpc) is 3.08. The molecule has 0 aliphatic heterocycles. The Morgan fingerprint density at radius 2 is 1.82 bits per heavy atom. The molecular formula is C23H20N2O3. The van der Waals surface area contributed by atoms with Crippen LogP contribution in [0.3, 0.4) is 0 Å². The fraction of sp³-hybridized carbons (Fsp3) is 0.174. The minimum absolute atomic E-state index is 0.242. The van der Waals surface area contributed by atoms with Crippen molar-refractivity contribution in [2.45, 2.75) is 25.7 Å². The number of H-pyrrole nitrogens is 1. The molecule has 0 unspecified atom stereocenters. The van der Waals surface area contributed by atoms with Crippen LogP contribution in [0.5, 0.6) is 0 Å². The number of aromatic amines is 1. The molecule has 5 nitrogen and oxygen atoms in total. The lowest BCUT2D eigenvalue weighted by Gasteiger charge is -2.05. The number of oxazole rings is 1. The highest BCUT2D eigenvalue weighted by Crippen LogP contribution is 2.24. The van der Waals surface area contributed by atoms with E-state index in [1.54, 1.807) is 12.4 Å². The number of aryl methyl sites for hydroxylation is 1. The average molecular weight is 372 g/mol. The molecule has 2 heterocycles. The molecule has 0 spiro atoms. The van der Waals surface area contributed by atoms with Gasteiger partial charge in [0.15, 0.2) is 5.58 Å². The van der Waals surface area contributed by atoms with Crippen LogP contribution in [0, 0.1) is 0 Å². The van der Waals surface area contributed by atoms with Gasteiger partial charge in [0.2, 0.25) is 0 Å². The molecule has 2 aromatic carbocycles. The van der Waals surface area contributed by atoms with Gasteiger partial charge in [-0.15, -0.1) is 0 Å². The normalized spacial score (nSPS) is 11.0. The van der Waals surface area contributed by atoms with Crippen molar-refractivity contribution in [2.24, 2.45) is 0 Å². The largest absolute Gasteiger partial charge is 0.417 e. The van der Waals surface area contributed by atoms with Crippen LogP contribution in [0.2, 0.25) is 0 Å². The minimum atomic E-state index is -0.444. The van der Waals surface area contributed by atoms with E-state index in [2.05, 4.69) is 34.2 Å². The summed E-state index contributed by atoms with van der Waals surface area (Å²) in [6, 6.07) is 17.7. The Balaban J connectivity index is 1.34. The molecule has 28 heavy (non-hydrogen) atoms. The van der Waals surface area contributed by atoms with Crippen LogP contribution in [-0.4, -0.2) is 15.8 Å². The van der Waals surface area contributed by atoms with E-state index in [9.17, 15) is 9.59 Å². The molecule has 0 saturated heterocycles. The van der Waals surface area contributed by atoms with Crippen molar-refractivity contribution < 1.29 is 9.21 Å². The number of rotatable bonds is 7. The van der Waals surface area contributed by atoms with Crippen LogP contribution in [0.1, 0.15) is 24.0 Å². The molecule has 140 valence electrons. The number of Topliss-reactive ketones (excluding diaryl/α,β-unsaturated/α-hetero) is 1. The van der Waals surface area contributed by atoms with Crippen molar-refractivity contribution in [3.8, 4) is 11.1 Å². The lowest BCUT2D eigenvalue weighted by Crippen LogP contribution is -2.03. The summed E-state index contributed by atoms with van der Waals surface area (Å²) in [5.74, 6) is -0.202. The molecule has 4 rings (SSSR count). The Morgan fingerprint density at radius 1 is 1.00 bits per heavy atom. The zero-order valence-electron chi connectivity index (χ0n) is 15.4. The highest BCUT2D eigenvalue weighted by atomic mass is 16.4. The third kappa shape index (κ3) is 4.26. The zero-order chi connectivity index (χ0) is 19.3. The zero-order valence-corrected chi connectivity index (χ0v) is 15.4. The molecule has 5 heteroatoms. The van der Waals surface area contributed by atoms with E-state index in [0.717, 1.165) is 29.5 Å². The molecule has 0 bridgehead atoms. The third-order valence-corrected chi connectivity index (χ3v) is 4.75. The predicted molar refractivity (Wildman–Crippen MR) is 108 cm³/mol. The van der Waals surface area contributed by atoms with E-state index >= 15 is 0 Å². The summed E-state index contributed by atoms with van der Waals surface area (Å²) in [7, 11) is 0. The first kappa shape index (κ1) is 17.9. The quantitative estimate of drug-likeness (QED) is 0.524. The number of carbonyl (C=O) groups excluding carboxylic acids is 1. The number of nitrogens with one attached hydrogen (secondary N) is 1. The second kappa shape index (κ2) is 8.05. The van der Waals surface area contributed by atoms with Crippen LogP contribution in [-0.2, 0) is 17.6 Å². The monoisotopic (exact) mass is 372 g/mol. The molecule has 0 fully saturated rings. The highest BCUT2D eigenvalue weighted by Gasteiger charge is 2.06. The van der Waals surface area contributed by atoms with Gasteiger partial charge in [0.25, 0.3) is 0 Å². The van der Waals surface area contributed by atoms with Gasteiger partial charge in [0, 0.05) is 25.2 Å². The van der Waals surface area contributed by atoms with E-state index in [1.165, 1.54) is 5.56 Å². The molecule has 2 aromatic heterocycles. The third-order valence-electron chi connectivity index (χ3n) is 4.75. The molecule has 0 radical (unpaired) electrons. The second-order valence-electron chi connectivity index (χ2n) is 6.85. The van der Waals surface area contributed by atoms with Gasteiger partial charge < -0.3 is 4.42 Å². The summed E-state index contributed by atoms with van der Waals surface area (Å²) in [5, 5.41) is 0. The first-order chi connectivity index (χ1) is 13.7. The van der Waals surface area contributed by atoms with Gasteiger partial charge in [-0.2, -0.15) is 0 Å². The van der Waals surface area contributed by atoms with Gasteiger partial charge in [-0.25, -0.2) is 4.79 Å². The van der Waals surface area contributed by atoms with Crippen molar-refractivity contribution in [1.29, 1.82) is 0 Å². The number of carbonyl (C=O) groups is 1. The number of hydrogen-bond donors (Lipinski definition) is 1. The fourth-order valence-electron chi connectivity index (χ4n) is 3.30. The minimum Gasteiger partial charge on any atom is -0.408 e. The number of ketones is 1. The summed E-state index contributed by atoms with van der Waals surface area (Å²) in [4.78, 5) is 30.1. The summed E-state index contributed by atoms with van der Waals surface area (Å²) in [6.07, 6.45) is 6.17. The smallest absolute Gasteiger partial charge is 0.408 e. The molecule has 0 atom stereocenters. The number of hydrogen-bond acceptors (Lipinski definition) is 4. The molecule has 0 amide bonds. The summed E-state index contributed by atoms with van der Waals surface area (Å²) < 4.78 is 5.12. The topological polar surface area (TPSA) is 76.0 Å². The number of fused-ring (bicyclic) bond motifs is 1. The second-order valence-corrected chi connectivity index (χ2v) is 6.85. The molecule has 0 aliphatic carbocycles. The van der Waals surface area contributed by atoms with Crippen LogP contribution in [0.4, 0.5) is 0 Å². The molecule has 0 saturated carbocycles. The standard InChI is InChI=1S/C23H20N2O3/c26-20(13-17-4-2-12-24-15-17)5-1-3-16-6-8-18(9-7-16)19-10-11-21-22(14-19)28-23(27)25-21/h2,4,6-12,14-15H,1,3,5,13H2,(H,25,27). The van der Waals surface area contributed by atoms with Gasteiger partial charge >= 0.3 is 5.76 Å². The summed E-state index contributed by atoms with van der Waals surface area (Å²) in [5.41, 5.74) is 5.47. The van der Waals surface area contributed by atoms with Crippen LogP contribution in [0.25, 0.3) is 22.2 Å². The molecule has 1 N–H and O–H groups in total. The van der Waals surface area contributed by atoms with Gasteiger partial charge in [-0.3, -0.25) is 14.8 Å². The summed E-state index contributed by atoms with van der Waals surface area (Å²) in [6.45, 7) is 0. The maximum absolute atomic E-state index is 12.1. The number of benzene rings is 2. The van der Waals surface area contributed by atoms with Crippen LogP contribution in [0.15, 0.2) is 76.2 Å². The van der Waals surface area contributed by atoms with Crippen molar-refractivity contribution >= 4 is 16.9 Å². The van der Waals surface area contributed by atoms with E-state index in [-0.39, 0.29) is 5.78 Å². The Morgan fingerprint density at radius 3 is 2.61 bits per heavy atom. The summed E-state index contributed by atoms with van der Waals surface area (Å²) >= 11 is 0. The molecule has 4 aromatic rings. The Labute approximate surface area is 162 Å². The fourth-order valence-corrected chi connectivity index (χ4v) is 3.30. The van der Waals surface area contributed by atoms with Crippen molar-refractivity contribution in [3.05, 3.63) is 88.7 Å². The van der Waals surface area contributed by atoms with E-state index in [0.29, 0.717) is 23.9 Å². The van der Waals surface area contributed by atoms with Gasteiger partial charge in [0.1, 0.15) is 5.78 Å². The van der Waals surface area contributed by atoms with Crippen molar-refractivity contribution in [2.75, 3.05) is 0 Å². The van der Waals surface area contributed by atoms with Gasteiger partial charge in [0.05, 0.1) is 5.52 Å². The first-order valence-electron chi connectivity index (χ1n) is 9.30. The van der Waals surface area contributed by atoms with Crippen molar-refractivity contribution in [3.63, 3.8) is 0 Å².